The quantitative estimate of drug-likeness (QED) is 0.409. The molecule has 172 valence electrons. The molecule has 6 nitrogen and oxygen atoms in total. The first kappa shape index (κ1) is 23.8. The maximum Gasteiger partial charge on any atom is 0.303 e. The summed E-state index contributed by atoms with van der Waals surface area (Å²) in [6.07, 6.45) is 3.86. The summed E-state index contributed by atoms with van der Waals surface area (Å²) in [5.41, 5.74) is 2.27. The highest BCUT2D eigenvalue weighted by atomic mass is 19.1. The molecule has 2 aromatic carbocycles. The van der Waals surface area contributed by atoms with E-state index in [1.54, 1.807) is 25.2 Å². The molecule has 1 N–H and O–H groups in total. The van der Waals surface area contributed by atoms with Gasteiger partial charge in [-0.15, -0.1) is 0 Å². The van der Waals surface area contributed by atoms with Gasteiger partial charge in [0, 0.05) is 31.1 Å². The van der Waals surface area contributed by atoms with E-state index in [1.807, 2.05) is 37.3 Å². The van der Waals surface area contributed by atoms with Gasteiger partial charge in [0.15, 0.2) is 0 Å². The fraction of sp³-hybridized carbons (Fsp3) is 0.231. The minimum Gasteiger partial charge on any atom is -0.489 e. The number of benzene rings is 2. The van der Waals surface area contributed by atoms with Crippen LogP contribution in [0, 0.1) is 5.82 Å². The van der Waals surface area contributed by atoms with Crippen molar-refractivity contribution in [2.45, 2.75) is 26.3 Å². The number of carbonyl (C=O) groups is 2. The van der Waals surface area contributed by atoms with Crippen LogP contribution in [0.4, 0.5) is 4.39 Å². The number of hydrogen-bond acceptors (Lipinski definition) is 4. The minimum atomic E-state index is -0.836. The second kappa shape index (κ2) is 11.1. The number of aliphatic carboxylic acids is 1. The van der Waals surface area contributed by atoms with Crippen molar-refractivity contribution in [1.29, 1.82) is 0 Å². The third-order valence-electron chi connectivity index (χ3n) is 5.13. The highest BCUT2D eigenvalue weighted by molar-refractivity contribution is 5.94. The molecule has 1 aromatic heterocycles. The van der Waals surface area contributed by atoms with Crippen molar-refractivity contribution < 1.29 is 28.2 Å². The van der Waals surface area contributed by atoms with Crippen molar-refractivity contribution in [2.24, 2.45) is 0 Å². The highest BCUT2D eigenvalue weighted by Gasteiger charge is 2.17. The van der Waals surface area contributed by atoms with Crippen molar-refractivity contribution in [2.75, 3.05) is 13.7 Å². The molecule has 0 atom stereocenters. The van der Waals surface area contributed by atoms with Gasteiger partial charge in [-0.2, -0.15) is 0 Å². The first-order valence-corrected chi connectivity index (χ1v) is 10.5. The molecule has 0 aliphatic rings. The van der Waals surface area contributed by atoms with Gasteiger partial charge in [-0.1, -0.05) is 23.8 Å². The zero-order valence-electron chi connectivity index (χ0n) is 18.6. The van der Waals surface area contributed by atoms with Crippen LogP contribution in [0.15, 0.2) is 76.9 Å². The van der Waals surface area contributed by atoms with Crippen molar-refractivity contribution in [3.8, 4) is 17.1 Å². The fourth-order valence-corrected chi connectivity index (χ4v) is 3.28. The van der Waals surface area contributed by atoms with Gasteiger partial charge in [0.05, 0.1) is 11.8 Å². The molecule has 0 bridgehead atoms. The maximum absolute atomic E-state index is 14.5. The normalized spacial score (nSPS) is 11.3. The van der Waals surface area contributed by atoms with Gasteiger partial charge in [0.1, 0.15) is 23.9 Å². The number of allylic oxidation sites excluding steroid dienone is 1. The summed E-state index contributed by atoms with van der Waals surface area (Å²) in [5.74, 6) is -0.661. The second-order valence-corrected chi connectivity index (χ2v) is 7.70. The van der Waals surface area contributed by atoms with Crippen molar-refractivity contribution in [3.05, 3.63) is 89.5 Å². The number of hydrogen-bond donors (Lipinski definition) is 1. The lowest BCUT2D eigenvalue weighted by atomic mass is 10.1. The minimum absolute atomic E-state index is 0.0783. The van der Waals surface area contributed by atoms with Gasteiger partial charge in [0.25, 0.3) is 5.91 Å². The van der Waals surface area contributed by atoms with Crippen LogP contribution in [0.5, 0.6) is 5.75 Å². The molecular formula is C26H26FNO5. The van der Waals surface area contributed by atoms with E-state index < -0.39 is 11.8 Å². The van der Waals surface area contributed by atoms with E-state index in [4.69, 9.17) is 14.3 Å². The third kappa shape index (κ3) is 6.55. The average Bonchev–Trinajstić information content (AvgIpc) is 3.32. The molecule has 0 spiro atoms. The molecule has 7 heteroatoms. The van der Waals surface area contributed by atoms with Crippen molar-refractivity contribution >= 4 is 11.9 Å². The number of nitrogens with zero attached hydrogens (tertiary/aromatic N) is 1. The van der Waals surface area contributed by atoms with Gasteiger partial charge >= 0.3 is 5.97 Å². The molecule has 3 aromatic rings. The van der Waals surface area contributed by atoms with E-state index in [1.165, 1.54) is 23.3 Å². The van der Waals surface area contributed by atoms with E-state index >= 15 is 0 Å². The maximum atomic E-state index is 14.5. The van der Waals surface area contributed by atoms with E-state index in [0.717, 1.165) is 11.1 Å². The largest absolute Gasteiger partial charge is 0.489 e. The third-order valence-corrected chi connectivity index (χ3v) is 5.13. The zero-order chi connectivity index (χ0) is 23.8. The van der Waals surface area contributed by atoms with E-state index in [9.17, 15) is 14.0 Å². The number of carbonyl (C=O) groups excluding carboxylic acids is 1. The summed E-state index contributed by atoms with van der Waals surface area (Å²) >= 11 is 0. The van der Waals surface area contributed by atoms with E-state index in [-0.39, 0.29) is 24.4 Å². The van der Waals surface area contributed by atoms with Crippen LogP contribution >= 0.6 is 0 Å². The number of ether oxygens (including phenoxy) is 1. The molecule has 0 saturated heterocycles. The van der Waals surface area contributed by atoms with Crippen LogP contribution in [0.1, 0.15) is 35.7 Å². The summed E-state index contributed by atoms with van der Waals surface area (Å²) in [6.45, 7) is 2.43. The first-order chi connectivity index (χ1) is 15.8. The predicted molar refractivity (Wildman–Crippen MR) is 122 cm³/mol. The van der Waals surface area contributed by atoms with Crippen LogP contribution < -0.4 is 4.74 Å². The molecule has 33 heavy (non-hydrogen) atoms. The molecule has 1 amide bonds. The summed E-state index contributed by atoms with van der Waals surface area (Å²) in [4.78, 5) is 25.1. The molecule has 0 aliphatic carbocycles. The lowest BCUT2D eigenvalue weighted by molar-refractivity contribution is -0.136. The van der Waals surface area contributed by atoms with Crippen LogP contribution in [0.25, 0.3) is 11.3 Å². The van der Waals surface area contributed by atoms with Gasteiger partial charge < -0.3 is 19.2 Å². The van der Waals surface area contributed by atoms with Crippen LogP contribution in [-0.2, 0) is 11.3 Å². The number of carboxylic acids is 1. The first-order valence-electron chi connectivity index (χ1n) is 10.5. The number of rotatable bonds is 10. The highest BCUT2D eigenvalue weighted by Crippen LogP contribution is 2.25. The van der Waals surface area contributed by atoms with Crippen LogP contribution in [0.2, 0.25) is 0 Å². The molecular weight excluding hydrogens is 425 g/mol. The SMILES string of the molecule is C/C(=C\COc1ccccc1CN(C)C(=O)c1ccc(-c2ccco2)c(F)c1)CCC(=O)O. The Labute approximate surface area is 191 Å². The summed E-state index contributed by atoms with van der Waals surface area (Å²) in [5, 5.41) is 8.77. The van der Waals surface area contributed by atoms with Gasteiger partial charge in [-0.25, -0.2) is 4.39 Å². The average molecular weight is 451 g/mol. The lowest BCUT2D eigenvalue weighted by Crippen LogP contribution is -2.26. The van der Waals surface area contributed by atoms with Gasteiger partial charge in [0.2, 0.25) is 0 Å². The number of carboxylic acid groups (broad SMARTS) is 1. The lowest BCUT2D eigenvalue weighted by Gasteiger charge is -2.19. The number of halogens is 1. The molecule has 0 saturated carbocycles. The summed E-state index contributed by atoms with van der Waals surface area (Å²) in [6, 6.07) is 15.0. The van der Waals surface area contributed by atoms with Crippen LogP contribution in [-0.4, -0.2) is 35.5 Å². The Balaban J connectivity index is 1.65. The second-order valence-electron chi connectivity index (χ2n) is 7.70. The monoisotopic (exact) mass is 451 g/mol. The smallest absolute Gasteiger partial charge is 0.303 e. The fourth-order valence-electron chi connectivity index (χ4n) is 3.28. The molecule has 0 fully saturated rings. The molecule has 3 rings (SSSR count). The molecule has 0 radical (unpaired) electrons. The summed E-state index contributed by atoms with van der Waals surface area (Å²) in [7, 11) is 1.65. The molecule has 0 unspecified atom stereocenters. The Morgan fingerprint density at radius 2 is 1.91 bits per heavy atom. The zero-order valence-corrected chi connectivity index (χ0v) is 18.6. The topological polar surface area (TPSA) is 80.0 Å². The van der Waals surface area contributed by atoms with Crippen molar-refractivity contribution in [1.82, 2.24) is 4.90 Å². The van der Waals surface area contributed by atoms with Gasteiger partial charge in [-0.3, -0.25) is 9.59 Å². The Morgan fingerprint density at radius 1 is 1.12 bits per heavy atom. The summed E-state index contributed by atoms with van der Waals surface area (Å²) < 4.78 is 25.6. The standard InChI is InChI=1S/C26H26FNO5/c1-18(9-12-25(29)30)13-15-33-23-7-4-3-6-20(23)17-28(2)26(31)19-10-11-21(22(27)16-19)24-8-5-14-32-24/h3-8,10-11,13-14,16H,9,12,15,17H2,1-2H3,(H,29,30)/b18-13+. The van der Waals surface area contributed by atoms with Crippen molar-refractivity contribution in [3.63, 3.8) is 0 Å². The number of furan rings is 1. The molecule has 1 heterocycles. The van der Waals surface area contributed by atoms with Crippen LogP contribution in [0.3, 0.4) is 0 Å². The Kier molecular flexibility index (Phi) is 8.02. The van der Waals surface area contributed by atoms with E-state index in [2.05, 4.69) is 0 Å². The Hall–Kier alpha value is -3.87. The number of para-hydroxylation sites is 1. The Bertz CT molecular complexity index is 1140. The Morgan fingerprint density at radius 3 is 2.61 bits per heavy atom. The van der Waals surface area contributed by atoms with E-state index in [0.29, 0.717) is 30.1 Å². The molecule has 0 aliphatic heterocycles. The number of amides is 1. The van der Waals surface area contributed by atoms with Gasteiger partial charge in [-0.05, 0) is 55.8 Å². The predicted octanol–water partition coefficient (Wildman–Crippen LogP) is 5.55.